The zero-order valence-electron chi connectivity index (χ0n) is 10.5. The van der Waals surface area contributed by atoms with E-state index in [-0.39, 0.29) is 5.57 Å². The molecule has 0 bridgehead atoms. The van der Waals surface area contributed by atoms with E-state index in [1.54, 1.807) is 23.6 Å². The van der Waals surface area contributed by atoms with Crippen LogP contribution in [0.1, 0.15) is 5.69 Å². The van der Waals surface area contributed by atoms with E-state index in [1.807, 2.05) is 12.1 Å². The average molecular weight is 305 g/mol. The molecular formula is C14H9ClN2O2S. The van der Waals surface area contributed by atoms with Gasteiger partial charge in [-0.05, 0) is 18.2 Å². The lowest BCUT2D eigenvalue weighted by molar-refractivity contribution is -0.135. The summed E-state index contributed by atoms with van der Waals surface area (Å²) in [6, 6.07) is 9.08. The fourth-order valence-electron chi connectivity index (χ4n) is 1.47. The van der Waals surface area contributed by atoms with E-state index in [4.69, 9.17) is 16.9 Å². The number of rotatable bonds is 3. The summed E-state index contributed by atoms with van der Waals surface area (Å²) in [4.78, 5) is 15.7. The third kappa shape index (κ3) is 3.23. The molecule has 0 amide bonds. The molecule has 1 aromatic carbocycles. The number of benzene rings is 1. The van der Waals surface area contributed by atoms with E-state index in [1.165, 1.54) is 24.5 Å². The molecule has 2 rings (SSSR count). The van der Waals surface area contributed by atoms with Crippen molar-refractivity contribution < 1.29 is 9.53 Å². The Balaban J connectivity index is 2.29. The highest BCUT2D eigenvalue weighted by molar-refractivity contribution is 7.13. The first kappa shape index (κ1) is 14.3. The number of hydrogen-bond acceptors (Lipinski definition) is 5. The van der Waals surface area contributed by atoms with E-state index in [9.17, 15) is 4.79 Å². The van der Waals surface area contributed by atoms with Crippen LogP contribution in [0.15, 0.2) is 35.2 Å². The van der Waals surface area contributed by atoms with Gasteiger partial charge in [-0.25, -0.2) is 9.78 Å². The van der Waals surface area contributed by atoms with Gasteiger partial charge in [0, 0.05) is 16.0 Å². The number of ether oxygens (including phenoxy) is 1. The van der Waals surface area contributed by atoms with Gasteiger partial charge in [0.25, 0.3) is 0 Å². The Kier molecular flexibility index (Phi) is 4.51. The van der Waals surface area contributed by atoms with Crippen LogP contribution < -0.4 is 0 Å². The molecule has 2 aromatic rings. The molecular weight excluding hydrogens is 296 g/mol. The van der Waals surface area contributed by atoms with Gasteiger partial charge in [0.2, 0.25) is 0 Å². The second-order valence-corrected chi connectivity index (χ2v) is 5.04. The summed E-state index contributed by atoms with van der Waals surface area (Å²) in [5.74, 6) is -0.673. The van der Waals surface area contributed by atoms with Gasteiger partial charge in [0.05, 0.1) is 12.8 Å². The van der Waals surface area contributed by atoms with Crippen molar-refractivity contribution >= 4 is 35.0 Å². The third-order valence-electron chi connectivity index (χ3n) is 2.43. The lowest BCUT2D eigenvalue weighted by Crippen LogP contribution is -2.02. The van der Waals surface area contributed by atoms with Crippen LogP contribution in [-0.4, -0.2) is 18.1 Å². The monoisotopic (exact) mass is 304 g/mol. The van der Waals surface area contributed by atoms with E-state index in [0.29, 0.717) is 10.7 Å². The normalized spacial score (nSPS) is 10.9. The van der Waals surface area contributed by atoms with E-state index in [2.05, 4.69) is 9.72 Å². The average Bonchev–Trinajstić information content (AvgIpc) is 2.93. The van der Waals surface area contributed by atoms with Crippen LogP contribution in [0.25, 0.3) is 16.6 Å². The predicted molar refractivity (Wildman–Crippen MR) is 78.2 cm³/mol. The quantitative estimate of drug-likeness (QED) is 0.494. The van der Waals surface area contributed by atoms with Crippen LogP contribution in [0, 0.1) is 11.3 Å². The van der Waals surface area contributed by atoms with Crippen LogP contribution in [0.4, 0.5) is 0 Å². The summed E-state index contributed by atoms with van der Waals surface area (Å²) < 4.78 is 4.51. The summed E-state index contributed by atoms with van der Waals surface area (Å²) in [5.41, 5.74) is 1.39. The van der Waals surface area contributed by atoms with Gasteiger partial charge in [-0.1, -0.05) is 23.7 Å². The summed E-state index contributed by atoms with van der Waals surface area (Å²) in [6.45, 7) is 0. The molecule has 0 saturated carbocycles. The number of halogens is 1. The zero-order valence-corrected chi connectivity index (χ0v) is 12.0. The third-order valence-corrected chi connectivity index (χ3v) is 3.59. The van der Waals surface area contributed by atoms with Crippen LogP contribution in [0.3, 0.4) is 0 Å². The molecule has 0 N–H and O–H groups in total. The van der Waals surface area contributed by atoms with Crippen molar-refractivity contribution in [2.75, 3.05) is 7.11 Å². The van der Waals surface area contributed by atoms with Gasteiger partial charge in [0.1, 0.15) is 16.6 Å². The van der Waals surface area contributed by atoms with Gasteiger partial charge in [0.15, 0.2) is 0 Å². The largest absolute Gasteiger partial charge is 0.465 e. The Labute approximate surface area is 124 Å². The number of esters is 1. The molecule has 20 heavy (non-hydrogen) atoms. The molecule has 0 unspecified atom stereocenters. The molecule has 0 spiro atoms. The van der Waals surface area contributed by atoms with Gasteiger partial charge < -0.3 is 4.74 Å². The van der Waals surface area contributed by atoms with Crippen molar-refractivity contribution in [3.8, 4) is 16.6 Å². The van der Waals surface area contributed by atoms with Gasteiger partial charge in [-0.3, -0.25) is 0 Å². The standard InChI is InChI=1S/C14H9ClN2O2S/c1-19-14(18)10(7-16)6-12-8-20-13(17-12)9-2-4-11(15)5-3-9/h2-6,8H,1H3. The summed E-state index contributed by atoms with van der Waals surface area (Å²) in [6.07, 6.45) is 1.40. The SMILES string of the molecule is COC(=O)C(C#N)=Cc1csc(-c2ccc(Cl)cc2)n1. The first-order valence-electron chi connectivity index (χ1n) is 5.55. The molecule has 0 fully saturated rings. The molecule has 6 heteroatoms. The second kappa shape index (κ2) is 6.33. The number of nitriles is 1. The maximum Gasteiger partial charge on any atom is 0.348 e. The summed E-state index contributed by atoms with van der Waals surface area (Å²) >= 11 is 7.25. The minimum atomic E-state index is -0.673. The van der Waals surface area contributed by atoms with E-state index in [0.717, 1.165) is 10.6 Å². The highest BCUT2D eigenvalue weighted by Gasteiger charge is 2.10. The molecule has 1 aromatic heterocycles. The molecule has 0 radical (unpaired) electrons. The van der Waals surface area contributed by atoms with Crippen LogP contribution in [-0.2, 0) is 9.53 Å². The molecule has 0 aliphatic carbocycles. The number of carbonyl (C=O) groups is 1. The Morgan fingerprint density at radius 2 is 2.15 bits per heavy atom. The molecule has 4 nitrogen and oxygen atoms in total. The smallest absolute Gasteiger partial charge is 0.348 e. The van der Waals surface area contributed by atoms with Crippen molar-refractivity contribution in [2.24, 2.45) is 0 Å². The number of carbonyl (C=O) groups excluding carboxylic acids is 1. The molecule has 1 heterocycles. The Morgan fingerprint density at radius 3 is 2.75 bits per heavy atom. The van der Waals surface area contributed by atoms with Crippen molar-refractivity contribution in [3.63, 3.8) is 0 Å². The van der Waals surface area contributed by atoms with Crippen molar-refractivity contribution in [2.45, 2.75) is 0 Å². The van der Waals surface area contributed by atoms with E-state index >= 15 is 0 Å². The first-order valence-corrected chi connectivity index (χ1v) is 6.81. The van der Waals surface area contributed by atoms with Crippen molar-refractivity contribution in [3.05, 3.63) is 45.9 Å². The fourth-order valence-corrected chi connectivity index (χ4v) is 2.38. The molecule has 100 valence electrons. The maximum atomic E-state index is 11.3. The number of nitrogens with zero attached hydrogens (tertiary/aromatic N) is 2. The number of methoxy groups -OCH3 is 1. The zero-order chi connectivity index (χ0) is 14.5. The molecule has 0 atom stereocenters. The predicted octanol–water partition coefficient (Wildman–Crippen LogP) is 3.54. The number of aromatic nitrogens is 1. The molecule has 0 saturated heterocycles. The Bertz CT molecular complexity index is 699. The summed E-state index contributed by atoms with van der Waals surface area (Å²) in [7, 11) is 1.23. The van der Waals surface area contributed by atoms with Gasteiger partial charge in [-0.2, -0.15) is 5.26 Å². The highest BCUT2D eigenvalue weighted by Crippen LogP contribution is 2.25. The first-order chi connectivity index (χ1) is 9.63. The van der Waals surface area contributed by atoms with Gasteiger partial charge in [-0.15, -0.1) is 11.3 Å². The minimum absolute atomic E-state index is 0.0829. The van der Waals surface area contributed by atoms with Crippen LogP contribution in [0.5, 0.6) is 0 Å². The van der Waals surface area contributed by atoms with Crippen LogP contribution in [0.2, 0.25) is 5.02 Å². The molecule has 0 aliphatic heterocycles. The lowest BCUT2D eigenvalue weighted by atomic mass is 10.2. The lowest BCUT2D eigenvalue weighted by Gasteiger charge is -1.96. The minimum Gasteiger partial charge on any atom is -0.465 e. The Hall–Kier alpha value is -2.16. The van der Waals surface area contributed by atoms with Crippen LogP contribution >= 0.6 is 22.9 Å². The van der Waals surface area contributed by atoms with Crippen molar-refractivity contribution in [1.29, 1.82) is 5.26 Å². The highest BCUT2D eigenvalue weighted by atomic mass is 35.5. The Morgan fingerprint density at radius 1 is 1.45 bits per heavy atom. The summed E-state index contributed by atoms with van der Waals surface area (Å²) in [5, 5.41) is 12.1. The molecule has 0 aliphatic rings. The maximum absolute atomic E-state index is 11.3. The fraction of sp³-hybridized carbons (Fsp3) is 0.0714. The number of hydrogen-bond donors (Lipinski definition) is 0. The van der Waals surface area contributed by atoms with Crippen molar-refractivity contribution in [1.82, 2.24) is 4.98 Å². The second-order valence-electron chi connectivity index (χ2n) is 3.75. The van der Waals surface area contributed by atoms with E-state index < -0.39 is 5.97 Å². The topological polar surface area (TPSA) is 63.0 Å². The van der Waals surface area contributed by atoms with Gasteiger partial charge >= 0.3 is 5.97 Å². The number of thiazole rings is 1.